The molecule has 0 amide bonds. The lowest BCUT2D eigenvalue weighted by atomic mass is 9.54. The van der Waals surface area contributed by atoms with Crippen LogP contribution in [-0.2, 0) is 0 Å². The number of fused-ring (bicyclic) bond motifs is 2. The topological polar surface area (TPSA) is 6.48 Å². The number of hydrogen-bond acceptors (Lipinski definition) is 2. The molecule has 0 aromatic carbocycles. The van der Waals surface area contributed by atoms with Gasteiger partial charge in [-0.3, -0.25) is 9.80 Å². The van der Waals surface area contributed by atoms with E-state index in [-0.39, 0.29) is 0 Å². The van der Waals surface area contributed by atoms with Crippen LogP contribution in [0.15, 0.2) is 0 Å². The molecule has 2 nitrogen and oxygen atoms in total. The molecule has 0 N–H and O–H groups in total. The summed E-state index contributed by atoms with van der Waals surface area (Å²) in [5.74, 6) is 6.61. The van der Waals surface area contributed by atoms with E-state index >= 15 is 0 Å². The van der Waals surface area contributed by atoms with E-state index in [4.69, 9.17) is 0 Å². The van der Waals surface area contributed by atoms with Crippen molar-refractivity contribution >= 4 is 0 Å². The second-order valence-electron chi connectivity index (χ2n) is 10.2. The third-order valence-corrected chi connectivity index (χ3v) is 9.12. The molecule has 0 radical (unpaired) electrons. The molecule has 128 valence electrons. The van der Waals surface area contributed by atoms with Gasteiger partial charge in [-0.05, 0) is 86.9 Å². The largest absolute Gasteiger partial charge is 0.298 e. The van der Waals surface area contributed by atoms with Crippen LogP contribution in [0.25, 0.3) is 0 Å². The van der Waals surface area contributed by atoms with Crippen molar-refractivity contribution in [1.29, 1.82) is 0 Å². The Morgan fingerprint density at radius 3 is 1.65 bits per heavy atom. The molecule has 6 aliphatic carbocycles. The molecule has 23 heavy (non-hydrogen) atoms. The Morgan fingerprint density at radius 2 is 1.09 bits per heavy atom. The van der Waals surface area contributed by atoms with Crippen molar-refractivity contribution in [3.8, 4) is 0 Å². The van der Waals surface area contributed by atoms with Gasteiger partial charge in [0, 0.05) is 38.3 Å². The zero-order chi connectivity index (χ0) is 15.0. The number of nitrogens with zero attached hydrogens (tertiary/aromatic N) is 2. The molecule has 7 rings (SSSR count). The monoisotopic (exact) mass is 314 g/mol. The average molecular weight is 315 g/mol. The molecule has 1 heterocycles. The molecule has 7 aliphatic rings. The highest BCUT2D eigenvalue weighted by Crippen LogP contribution is 2.55. The molecule has 0 aromatic rings. The Morgan fingerprint density at radius 1 is 0.478 bits per heavy atom. The molecule has 6 bridgehead atoms. The summed E-state index contributed by atoms with van der Waals surface area (Å²) in [6.45, 7) is 5.55. The van der Waals surface area contributed by atoms with Gasteiger partial charge in [-0.1, -0.05) is 6.42 Å². The van der Waals surface area contributed by atoms with Gasteiger partial charge >= 0.3 is 0 Å². The Labute approximate surface area is 142 Å². The second-order valence-corrected chi connectivity index (χ2v) is 10.2. The van der Waals surface area contributed by atoms with Crippen molar-refractivity contribution in [2.24, 2.45) is 35.5 Å². The standard InChI is InChI=1S/C21H34N2/c1-2-17-8-14(1)13-20(17)22-3-5-23(6-4-22)21-18-9-15-7-16(11-18)12-19(21)10-15/h14-21H,1-13H2/t14-,15?,16?,17+,18?,19?,20-,21?/m0/s1. The smallest absolute Gasteiger partial charge is 0.0153 e. The van der Waals surface area contributed by atoms with Crippen LogP contribution in [0.3, 0.4) is 0 Å². The van der Waals surface area contributed by atoms with Crippen LogP contribution in [0.1, 0.15) is 57.8 Å². The summed E-state index contributed by atoms with van der Waals surface area (Å²) in [6, 6.07) is 1.97. The van der Waals surface area contributed by atoms with Crippen molar-refractivity contribution in [3.63, 3.8) is 0 Å². The van der Waals surface area contributed by atoms with Crippen LogP contribution in [0.5, 0.6) is 0 Å². The molecule has 6 saturated carbocycles. The van der Waals surface area contributed by atoms with E-state index in [0.29, 0.717) is 0 Å². The number of rotatable bonds is 2. The summed E-state index contributed by atoms with van der Waals surface area (Å²) in [7, 11) is 0. The van der Waals surface area contributed by atoms with Gasteiger partial charge in [0.05, 0.1) is 0 Å². The van der Waals surface area contributed by atoms with E-state index in [1.165, 1.54) is 26.2 Å². The molecule has 0 spiro atoms. The second kappa shape index (κ2) is 5.21. The minimum Gasteiger partial charge on any atom is -0.298 e. The zero-order valence-corrected chi connectivity index (χ0v) is 14.7. The van der Waals surface area contributed by atoms with Crippen molar-refractivity contribution in [1.82, 2.24) is 9.80 Å². The fourth-order valence-corrected chi connectivity index (χ4v) is 8.52. The number of piperazine rings is 1. The van der Waals surface area contributed by atoms with Crippen LogP contribution < -0.4 is 0 Å². The van der Waals surface area contributed by atoms with E-state index in [2.05, 4.69) is 9.80 Å². The fraction of sp³-hybridized carbons (Fsp3) is 1.00. The third kappa shape index (κ3) is 2.20. The van der Waals surface area contributed by atoms with Gasteiger partial charge in [0.1, 0.15) is 0 Å². The summed E-state index contributed by atoms with van der Waals surface area (Å²) in [4.78, 5) is 5.88. The molecule has 0 aromatic heterocycles. The summed E-state index contributed by atoms with van der Waals surface area (Å²) >= 11 is 0. The predicted octanol–water partition coefficient (Wildman–Crippen LogP) is 3.62. The Kier molecular flexibility index (Phi) is 3.20. The average Bonchev–Trinajstić information content (AvgIpc) is 3.17. The van der Waals surface area contributed by atoms with Crippen LogP contribution >= 0.6 is 0 Å². The van der Waals surface area contributed by atoms with E-state index < -0.39 is 0 Å². The van der Waals surface area contributed by atoms with E-state index in [1.54, 1.807) is 57.8 Å². The fourth-order valence-electron chi connectivity index (χ4n) is 8.52. The van der Waals surface area contributed by atoms with E-state index in [0.717, 1.165) is 47.6 Å². The highest BCUT2D eigenvalue weighted by atomic mass is 15.3. The molecular weight excluding hydrogens is 280 g/mol. The predicted molar refractivity (Wildman–Crippen MR) is 93.2 cm³/mol. The molecule has 1 saturated heterocycles. The quantitative estimate of drug-likeness (QED) is 0.768. The normalized spacial score (nSPS) is 55.8. The first-order valence-corrected chi connectivity index (χ1v) is 10.8. The van der Waals surface area contributed by atoms with Crippen LogP contribution in [0, 0.1) is 35.5 Å². The summed E-state index contributed by atoms with van der Waals surface area (Å²) < 4.78 is 0. The van der Waals surface area contributed by atoms with Gasteiger partial charge in [0.25, 0.3) is 0 Å². The molecule has 2 heteroatoms. The Hall–Kier alpha value is -0.0800. The lowest BCUT2D eigenvalue weighted by Crippen LogP contribution is -2.61. The first-order chi connectivity index (χ1) is 11.3. The highest BCUT2D eigenvalue weighted by Gasteiger charge is 2.51. The minimum atomic E-state index is 0.981. The lowest BCUT2D eigenvalue weighted by Gasteiger charge is -2.58. The summed E-state index contributed by atoms with van der Waals surface area (Å²) in [5.41, 5.74) is 0. The van der Waals surface area contributed by atoms with Gasteiger partial charge in [0.15, 0.2) is 0 Å². The molecule has 7 fully saturated rings. The highest BCUT2D eigenvalue weighted by molar-refractivity contribution is 5.03. The van der Waals surface area contributed by atoms with Gasteiger partial charge in [-0.2, -0.15) is 0 Å². The maximum Gasteiger partial charge on any atom is 0.0153 e. The third-order valence-electron chi connectivity index (χ3n) is 9.12. The zero-order valence-electron chi connectivity index (χ0n) is 14.7. The maximum atomic E-state index is 2.97. The molecule has 0 unspecified atom stereocenters. The lowest BCUT2D eigenvalue weighted by molar-refractivity contribution is -0.0805. The van der Waals surface area contributed by atoms with Crippen LogP contribution in [0.4, 0.5) is 0 Å². The number of hydrogen-bond donors (Lipinski definition) is 0. The van der Waals surface area contributed by atoms with Crippen molar-refractivity contribution in [2.75, 3.05) is 26.2 Å². The summed E-state index contributed by atoms with van der Waals surface area (Å²) in [5, 5.41) is 0. The summed E-state index contributed by atoms with van der Waals surface area (Å²) in [6.07, 6.45) is 14.2. The van der Waals surface area contributed by atoms with Crippen LogP contribution in [-0.4, -0.2) is 48.1 Å². The van der Waals surface area contributed by atoms with Crippen molar-refractivity contribution in [3.05, 3.63) is 0 Å². The van der Waals surface area contributed by atoms with Crippen LogP contribution in [0.2, 0.25) is 0 Å². The minimum absolute atomic E-state index is 0.981. The first kappa shape index (κ1) is 14.1. The molecule has 3 atom stereocenters. The van der Waals surface area contributed by atoms with Gasteiger partial charge in [-0.15, -0.1) is 0 Å². The van der Waals surface area contributed by atoms with Gasteiger partial charge in [0.2, 0.25) is 0 Å². The maximum absolute atomic E-state index is 2.97. The molecule has 1 aliphatic heterocycles. The SMILES string of the molecule is C1C2CC3CC1CC(C2)C3N1CCN([C@H]2C[C@H]3CC[C@@H]2C3)CC1. The van der Waals surface area contributed by atoms with Gasteiger partial charge in [-0.25, -0.2) is 0 Å². The Bertz CT molecular complexity index is 438. The van der Waals surface area contributed by atoms with E-state index in [1.807, 2.05) is 0 Å². The molecular formula is C21H34N2. The first-order valence-electron chi connectivity index (χ1n) is 10.8. The van der Waals surface area contributed by atoms with Gasteiger partial charge < -0.3 is 0 Å². The van der Waals surface area contributed by atoms with Crippen molar-refractivity contribution in [2.45, 2.75) is 69.9 Å². The van der Waals surface area contributed by atoms with E-state index in [9.17, 15) is 0 Å². The Balaban J connectivity index is 1.11. The van der Waals surface area contributed by atoms with Crippen molar-refractivity contribution < 1.29 is 0 Å².